The van der Waals surface area contributed by atoms with Gasteiger partial charge in [-0.1, -0.05) is 71.9 Å². The van der Waals surface area contributed by atoms with Crippen LogP contribution in [-0.2, 0) is 0 Å². The Hall–Kier alpha value is -4.32. The molecule has 6 nitrogen and oxygen atoms in total. The van der Waals surface area contributed by atoms with Gasteiger partial charge < -0.3 is 9.42 Å². The molecule has 5 aromatic rings. The van der Waals surface area contributed by atoms with Gasteiger partial charge >= 0.3 is 0 Å². The molecule has 33 heavy (non-hydrogen) atoms. The Kier molecular flexibility index (Phi) is 5.40. The van der Waals surface area contributed by atoms with Crippen molar-refractivity contribution in [2.45, 2.75) is 13.0 Å². The molecular weight excluding hydrogens is 412 g/mol. The van der Waals surface area contributed by atoms with E-state index in [2.05, 4.69) is 15.1 Å². The first-order valence-electron chi connectivity index (χ1n) is 10.7. The van der Waals surface area contributed by atoms with Crippen molar-refractivity contribution in [2.75, 3.05) is 7.05 Å². The van der Waals surface area contributed by atoms with Gasteiger partial charge in [0.15, 0.2) is 0 Å². The molecule has 0 unspecified atom stereocenters. The van der Waals surface area contributed by atoms with Crippen molar-refractivity contribution in [1.29, 1.82) is 0 Å². The molecule has 0 aliphatic rings. The van der Waals surface area contributed by atoms with Crippen LogP contribution in [0.25, 0.3) is 22.4 Å². The van der Waals surface area contributed by atoms with Crippen LogP contribution >= 0.6 is 0 Å². The fraction of sp³-hybridized carbons (Fsp3) is 0.111. The van der Waals surface area contributed by atoms with Crippen LogP contribution in [0.3, 0.4) is 0 Å². The molecule has 0 bridgehead atoms. The van der Waals surface area contributed by atoms with Crippen LogP contribution in [0.5, 0.6) is 0 Å². The van der Waals surface area contributed by atoms with Gasteiger partial charge in [0.2, 0.25) is 0 Å². The van der Waals surface area contributed by atoms with E-state index in [1.807, 2.05) is 91.9 Å². The maximum atomic E-state index is 14.0. The van der Waals surface area contributed by atoms with Crippen molar-refractivity contribution in [1.82, 2.24) is 20.0 Å². The lowest BCUT2D eigenvalue weighted by atomic mass is 9.99. The standard InChI is InChI=1S/C27H22N4O2/c1-18-24-21(17-23(29-26(24)33-30-18)19-11-5-3-6-12-19)27(32)31(2)25(20-13-7-4-8-14-20)22-15-9-10-16-28-22/h3-17,25H,1-2H3/t25-/m1/s1. The smallest absolute Gasteiger partial charge is 0.259 e. The molecule has 1 amide bonds. The summed E-state index contributed by atoms with van der Waals surface area (Å²) in [5.41, 5.74) is 4.79. The summed E-state index contributed by atoms with van der Waals surface area (Å²) >= 11 is 0. The minimum Gasteiger partial charge on any atom is -0.335 e. The molecule has 6 heteroatoms. The molecule has 0 fully saturated rings. The predicted molar refractivity (Wildman–Crippen MR) is 127 cm³/mol. The Balaban J connectivity index is 1.65. The normalized spacial score (nSPS) is 11.9. The number of nitrogens with zero attached hydrogens (tertiary/aromatic N) is 4. The second-order valence-electron chi connectivity index (χ2n) is 7.85. The number of carbonyl (C=O) groups excluding carboxylic acids is 1. The molecule has 0 saturated carbocycles. The highest BCUT2D eigenvalue weighted by Gasteiger charge is 2.28. The van der Waals surface area contributed by atoms with Crippen LogP contribution in [0.1, 0.15) is 33.4 Å². The number of benzene rings is 2. The zero-order valence-corrected chi connectivity index (χ0v) is 18.3. The molecule has 0 N–H and O–H groups in total. The van der Waals surface area contributed by atoms with Crippen LogP contribution in [0.4, 0.5) is 0 Å². The van der Waals surface area contributed by atoms with Gasteiger partial charge in [-0.05, 0) is 30.7 Å². The summed E-state index contributed by atoms with van der Waals surface area (Å²) in [4.78, 5) is 24.9. The van der Waals surface area contributed by atoms with Crippen molar-refractivity contribution in [3.05, 3.63) is 114 Å². The molecule has 0 aliphatic carbocycles. The number of fused-ring (bicyclic) bond motifs is 1. The average molecular weight is 434 g/mol. The van der Waals surface area contributed by atoms with E-state index in [1.165, 1.54) is 0 Å². The maximum absolute atomic E-state index is 14.0. The van der Waals surface area contributed by atoms with E-state index >= 15 is 0 Å². The second kappa shape index (κ2) is 8.67. The number of amides is 1. The maximum Gasteiger partial charge on any atom is 0.259 e. The quantitative estimate of drug-likeness (QED) is 0.368. The highest BCUT2D eigenvalue weighted by atomic mass is 16.5. The first-order chi connectivity index (χ1) is 16.1. The third-order valence-corrected chi connectivity index (χ3v) is 5.71. The summed E-state index contributed by atoms with van der Waals surface area (Å²) < 4.78 is 5.47. The fourth-order valence-corrected chi connectivity index (χ4v) is 4.09. The molecule has 3 heterocycles. The van der Waals surface area contributed by atoms with Crippen LogP contribution in [-0.4, -0.2) is 33.0 Å². The number of hydrogen-bond acceptors (Lipinski definition) is 5. The van der Waals surface area contributed by atoms with Crippen molar-refractivity contribution in [3.8, 4) is 11.3 Å². The zero-order valence-electron chi connectivity index (χ0n) is 18.3. The Morgan fingerprint density at radius 1 is 0.939 bits per heavy atom. The van der Waals surface area contributed by atoms with Crippen molar-refractivity contribution >= 4 is 17.0 Å². The number of carbonyl (C=O) groups is 1. The lowest BCUT2D eigenvalue weighted by Gasteiger charge is -2.28. The van der Waals surface area contributed by atoms with Crippen molar-refractivity contribution in [3.63, 3.8) is 0 Å². The predicted octanol–water partition coefficient (Wildman–Crippen LogP) is 5.45. The Labute approximate surface area is 191 Å². The van der Waals surface area contributed by atoms with Gasteiger partial charge in [-0.15, -0.1) is 0 Å². The van der Waals surface area contributed by atoms with Crippen LogP contribution in [0.2, 0.25) is 0 Å². The van der Waals surface area contributed by atoms with Crippen molar-refractivity contribution in [2.24, 2.45) is 0 Å². The third kappa shape index (κ3) is 3.87. The third-order valence-electron chi connectivity index (χ3n) is 5.71. The Bertz CT molecular complexity index is 1360. The fourth-order valence-electron chi connectivity index (χ4n) is 4.09. The minimum absolute atomic E-state index is 0.162. The van der Waals surface area contributed by atoms with E-state index in [1.54, 1.807) is 18.1 Å². The summed E-state index contributed by atoms with van der Waals surface area (Å²) in [5, 5.41) is 4.70. The van der Waals surface area contributed by atoms with Gasteiger partial charge in [-0.3, -0.25) is 9.78 Å². The van der Waals surface area contributed by atoms with Crippen LogP contribution < -0.4 is 0 Å². The number of hydrogen-bond donors (Lipinski definition) is 0. The summed E-state index contributed by atoms with van der Waals surface area (Å²) in [6, 6.07) is 26.8. The molecule has 5 rings (SSSR count). The van der Waals surface area contributed by atoms with Gasteiger partial charge in [0.25, 0.3) is 11.6 Å². The van der Waals surface area contributed by atoms with E-state index in [0.717, 1.165) is 16.8 Å². The largest absolute Gasteiger partial charge is 0.335 e. The van der Waals surface area contributed by atoms with E-state index < -0.39 is 0 Å². The van der Waals surface area contributed by atoms with Crippen LogP contribution in [0.15, 0.2) is 95.6 Å². The van der Waals surface area contributed by atoms with Gasteiger partial charge in [0, 0.05) is 18.8 Å². The summed E-state index contributed by atoms with van der Waals surface area (Å²) in [6.45, 7) is 1.82. The molecule has 2 aromatic carbocycles. The topological polar surface area (TPSA) is 72.1 Å². The minimum atomic E-state index is -0.358. The molecular formula is C27H22N4O2. The zero-order chi connectivity index (χ0) is 22.8. The van der Waals surface area contributed by atoms with Crippen LogP contribution in [0, 0.1) is 6.92 Å². The molecule has 3 aromatic heterocycles. The molecule has 162 valence electrons. The van der Waals surface area contributed by atoms with E-state index in [4.69, 9.17) is 4.52 Å². The molecule has 1 atom stereocenters. The van der Waals surface area contributed by atoms with Gasteiger partial charge in [0.1, 0.15) is 0 Å². The Morgan fingerprint density at radius 2 is 1.64 bits per heavy atom. The van der Waals surface area contributed by atoms with Gasteiger partial charge in [-0.25, -0.2) is 4.98 Å². The van der Waals surface area contributed by atoms with Gasteiger partial charge in [0.05, 0.1) is 34.1 Å². The van der Waals surface area contributed by atoms with Gasteiger partial charge in [-0.2, -0.15) is 0 Å². The highest BCUT2D eigenvalue weighted by Crippen LogP contribution is 2.32. The lowest BCUT2D eigenvalue weighted by Crippen LogP contribution is -2.32. The monoisotopic (exact) mass is 434 g/mol. The molecule has 0 radical (unpaired) electrons. The second-order valence-corrected chi connectivity index (χ2v) is 7.85. The number of aryl methyl sites for hydroxylation is 1. The SMILES string of the molecule is Cc1noc2nc(-c3ccccc3)cc(C(=O)N(C)[C@H](c3ccccc3)c3ccccn3)c12. The van der Waals surface area contributed by atoms with E-state index in [-0.39, 0.29) is 11.9 Å². The highest BCUT2D eigenvalue weighted by molar-refractivity contribution is 6.07. The lowest BCUT2D eigenvalue weighted by molar-refractivity contribution is 0.0754. The molecule has 0 spiro atoms. The van der Waals surface area contributed by atoms with E-state index in [9.17, 15) is 4.79 Å². The number of pyridine rings is 2. The average Bonchev–Trinajstić information content (AvgIpc) is 3.25. The van der Waals surface area contributed by atoms with Crippen molar-refractivity contribution < 1.29 is 9.32 Å². The summed E-state index contributed by atoms with van der Waals surface area (Å²) in [6.07, 6.45) is 1.74. The summed E-state index contributed by atoms with van der Waals surface area (Å²) in [7, 11) is 1.80. The van der Waals surface area contributed by atoms with E-state index in [0.29, 0.717) is 28.1 Å². The molecule has 0 aliphatic heterocycles. The molecule has 0 saturated heterocycles. The number of rotatable bonds is 5. The first-order valence-corrected chi connectivity index (χ1v) is 10.7. The first kappa shape index (κ1) is 20.6. The summed E-state index contributed by atoms with van der Waals surface area (Å²) in [5.74, 6) is -0.162. The number of aromatic nitrogens is 3. The Morgan fingerprint density at radius 3 is 2.33 bits per heavy atom.